The molecule has 0 bridgehead atoms. The zero-order chi connectivity index (χ0) is 16.6. The Bertz CT molecular complexity index is 879. The van der Waals surface area contributed by atoms with E-state index < -0.39 is 21.6 Å². The zero-order valence-electron chi connectivity index (χ0n) is 12.3. The number of nitrogens with one attached hydrogen (secondary N) is 1. The van der Waals surface area contributed by atoms with Crippen LogP contribution in [0.15, 0.2) is 35.6 Å². The van der Waals surface area contributed by atoms with Crippen LogP contribution in [-0.4, -0.2) is 30.5 Å². The molecule has 0 spiro atoms. The molecule has 1 fully saturated rings. The average Bonchev–Trinajstić information content (AvgIpc) is 3.31. The number of sulfone groups is 1. The van der Waals surface area contributed by atoms with Gasteiger partial charge in [0.2, 0.25) is 0 Å². The molecule has 2 aromatic heterocycles. The molecule has 0 saturated heterocycles. The Morgan fingerprint density at radius 1 is 1.35 bits per heavy atom. The van der Waals surface area contributed by atoms with Gasteiger partial charge < -0.3 is 5.32 Å². The molecular formula is C15H14FN3O3S. The lowest BCUT2D eigenvalue weighted by molar-refractivity contribution is 0.102. The van der Waals surface area contributed by atoms with Crippen molar-refractivity contribution in [3.63, 3.8) is 0 Å². The number of anilines is 1. The number of hydrogen-bond acceptors (Lipinski definition) is 5. The molecule has 1 N–H and O–H groups in total. The molecule has 8 heteroatoms. The third kappa shape index (κ3) is 3.37. The quantitative estimate of drug-likeness (QED) is 0.925. The molecule has 0 aromatic carbocycles. The molecule has 0 atom stereocenters. The Morgan fingerprint density at radius 2 is 2.09 bits per heavy atom. The number of pyridine rings is 2. The van der Waals surface area contributed by atoms with Crippen molar-refractivity contribution in [2.75, 3.05) is 11.6 Å². The van der Waals surface area contributed by atoms with Crippen LogP contribution in [0.4, 0.5) is 10.1 Å². The molecule has 120 valence electrons. The fourth-order valence-corrected chi connectivity index (χ4v) is 2.98. The van der Waals surface area contributed by atoms with Gasteiger partial charge in [0.05, 0.1) is 16.9 Å². The topological polar surface area (TPSA) is 89.0 Å². The number of carbonyl (C=O) groups is 1. The number of nitrogens with zero attached hydrogens (tertiary/aromatic N) is 2. The minimum atomic E-state index is -3.59. The van der Waals surface area contributed by atoms with Crippen LogP contribution < -0.4 is 5.32 Å². The van der Waals surface area contributed by atoms with Gasteiger partial charge in [-0.1, -0.05) is 0 Å². The van der Waals surface area contributed by atoms with Crippen molar-refractivity contribution in [2.45, 2.75) is 23.8 Å². The van der Waals surface area contributed by atoms with Gasteiger partial charge in [0, 0.05) is 24.6 Å². The van der Waals surface area contributed by atoms with Crippen LogP contribution in [0.25, 0.3) is 0 Å². The van der Waals surface area contributed by atoms with E-state index in [1.165, 1.54) is 24.5 Å². The van der Waals surface area contributed by atoms with Crippen LogP contribution >= 0.6 is 0 Å². The molecule has 0 aliphatic heterocycles. The summed E-state index contributed by atoms with van der Waals surface area (Å²) in [5.74, 6) is -1.02. The molecular weight excluding hydrogens is 321 g/mol. The molecule has 2 aromatic rings. The van der Waals surface area contributed by atoms with Gasteiger partial charge in [0.1, 0.15) is 5.82 Å². The summed E-state index contributed by atoms with van der Waals surface area (Å²) in [5.41, 5.74) is 0.446. The maximum Gasteiger partial charge on any atom is 0.257 e. The van der Waals surface area contributed by atoms with E-state index in [-0.39, 0.29) is 22.2 Å². The number of amides is 1. The van der Waals surface area contributed by atoms with Crippen LogP contribution in [0.3, 0.4) is 0 Å². The summed E-state index contributed by atoms with van der Waals surface area (Å²) in [4.78, 5) is 20.0. The fourth-order valence-electron chi connectivity index (χ4n) is 2.21. The second kappa shape index (κ2) is 5.69. The summed E-state index contributed by atoms with van der Waals surface area (Å²) >= 11 is 0. The first kappa shape index (κ1) is 15.5. The molecule has 1 amide bonds. The molecule has 1 aliphatic carbocycles. The minimum absolute atomic E-state index is 0.0233. The normalized spacial score (nSPS) is 14.5. The first-order valence-corrected chi connectivity index (χ1v) is 8.87. The van der Waals surface area contributed by atoms with Gasteiger partial charge in [-0.25, -0.2) is 17.8 Å². The lowest BCUT2D eigenvalue weighted by Gasteiger charge is -2.09. The fraction of sp³-hybridized carbons (Fsp3) is 0.267. The number of halogens is 1. The minimum Gasteiger partial charge on any atom is -0.319 e. The van der Waals surface area contributed by atoms with Gasteiger partial charge in [-0.15, -0.1) is 0 Å². The van der Waals surface area contributed by atoms with Crippen LogP contribution in [0.1, 0.15) is 34.8 Å². The first-order valence-electron chi connectivity index (χ1n) is 6.98. The number of rotatable bonds is 4. The van der Waals surface area contributed by atoms with Gasteiger partial charge in [-0.2, -0.15) is 0 Å². The highest BCUT2D eigenvalue weighted by Gasteiger charge is 2.28. The first-order chi connectivity index (χ1) is 10.9. The third-order valence-corrected chi connectivity index (χ3v) is 4.49. The van der Waals surface area contributed by atoms with Crippen molar-refractivity contribution < 1.29 is 17.6 Å². The molecule has 1 aliphatic rings. The van der Waals surface area contributed by atoms with E-state index in [4.69, 9.17) is 0 Å². The molecule has 0 radical (unpaired) electrons. The Balaban J connectivity index is 1.87. The van der Waals surface area contributed by atoms with Crippen molar-refractivity contribution in [1.29, 1.82) is 0 Å². The molecule has 0 unspecified atom stereocenters. The van der Waals surface area contributed by atoms with E-state index in [0.29, 0.717) is 5.69 Å². The highest BCUT2D eigenvalue weighted by molar-refractivity contribution is 7.90. The predicted molar refractivity (Wildman–Crippen MR) is 81.5 cm³/mol. The standard InChI is InChI=1S/C15H14FN3O3S/c1-23(21,22)15-12(3-2-6-17-15)19-14(20)10-7-11(16)13(18-8-10)9-4-5-9/h2-3,6-9H,4-5H2,1H3,(H,19,20). The van der Waals surface area contributed by atoms with Crippen molar-refractivity contribution in [3.05, 3.63) is 47.7 Å². The van der Waals surface area contributed by atoms with Crippen molar-refractivity contribution in [3.8, 4) is 0 Å². The molecule has 1 saturated carbocycles. The lowest BCUT2D eigenvalue weighted by atomic mass is 10.2. The summed E-state index contributed by atoms with van der Waals surface area (Å²) < 4.78 is 37.3. The van der Waals surface area contributed by atoms with Gasteiger partial charge in [0.15, 0.2) is 14.9 Å². The maximum atomic E-state index is 14.0. The summed E-state index contributed by atoms with van der Waals surface area (Å²) in [7, 11) is -3.59. The molecule has 6 nitrogen and oxygen atoms in total. The predicted octanol–water partition coefficient (Wildman–Crippen LogP) is 2.15. The Kier molecular flexibility index (Phi) is 3.85. The summed E-state index contributed by atoms with van der Waals surface area (Å²) in [6.07, 6.45) is 5.42. The van der Waals surface area contributed by atoms with E-state index >= 15 is 0 Å². The highest BCUT2D eigenvalue weighted by atomic mass is 32.2. The molecule has 23 heavy (non-hydrogen) atoms. The second-order valence-electron chi connectivity index (χ2n) is 5.45. The number of aromatic nitrogens is 2. The van der Waals surface area contributed by atoms with Crippen LogP contribution in [0, 0.1) is 5.82 Å². The van der Waals surface area contributed by atoms with E-state index in [0.717, 1.165) is 25.2 Å². The van der Waals surface area contributed by atoms with E-state index in [1.54, 1.807) is 0 Å². The van der Waals surface area contributed by atoms with E-state index in [1.807, 2.05) is 0 Å². The Hall–Kier alpha value is -2.35. The SMILES string of the molecule is CS(=O)(=O)c1ncccc1NC(=O)c1cnc(C2CC2)c(F)c1. The van der Waals surface area contributed by atoms with Gasteiger partial charge >= 0.3 is 0 Å². The average molecular weight is 335 g/mol. The largest absolute Gasteiger partial charge is 0.319 e. The van der Waals surface area contributed by atoms with Gasteiger partial charge in [0.25, 0.3) is 5.91 Å². The summed E-state index contributed by atoms with van der Waals surface area (Å²) in [5, 5.41) is 2.20. The highest BCUT2D eigenvalue weighted by Crippen LogP contribution is 2.40. The van der Waals surface area contributed by atoms with Crippen molar-refractivity contribution in [2.24, 2.45) is 0 Å². The molecule has 3 rings (SSSR count). The Morgan fingerprint density at radius 3 is 2.70 bits per heavy atom. The smallest absolute Gasteiger partial charge is 0.257 e. The number of hydrogen-bond donors (Lipinski definition) is 1. The Labute approximate surface area is 132 Å². The summed E-state index contributed by atoms with van der Waals surface area (Å²) in [6.45, 7) is 0. The monoisotopic (exact) mass is 335 g/mol. The summed E-state index contributed by atoms with van der Waals surface area (Å²) in [6, 6.07) is 4.04. The van der Waals surface area contributed by atoms with Crippen LogP contribution in [0.2, 0.25) is 0 Å². The van der Waals surface area contributed by atoms with Crippen molar-refractivity contribution >= 4 is 21.4 Å². The third-order valence-electron chi connectivity index (χ3n) is 3.47. The van der Waals surface area contributed by atoms with E-state index in [9.17, 15) is 17.6 Å². The zero-order valence-corrected chi connectivity index (χ0v) is 13.1. The molecule has 2 heterocycles. The maximum absolute atomic E-state index is 14.0. The van der Waals surface area contributed by atoms with Crippen LogP contribution in [0.5, 0.6) is 0 Å². The number of carbonyl (C=O) groups excluding carboxylic acids is 1. The second-order valence-corrected chi connectivity index (χ2v) is 7.38. The lowest BCUT2D eigenvalue weighted by Crippen LogP contribution is -2.16. The van der Waals surface area contributed by atoms with Gasteiger partial charge in [-0.05, 0) is 31.0 Å². The van der Waals surface area contributed by atoms with Crippen LogP contribution in [-0.2, 0) is 9.84 Å². The van der Waals surface area contributed by atoms with E-state index in [2.05, 4.69) is 15.3 Å². The van der Waals surface area contributed by atoms with Crippen molar-refractivity contribution in [1.82, 2.24) is 9.97 Å². The van der Waals surface area contributed by atoms with Gasteiger partial charge in [-0.3, -0.25) is 9.78 Å².